The van der Waals surface area contributed by atoms with Crippen molar-refractivity contribution >= 4 is 65.8 Å². The fourth-order valence-electron chi connectivity index (χ4n) is 4.97. The number of carboxylic acid groups (broad SMARTS) is 2. The zero-order chi connectivity index (χ0) is 38.1. The molecule has 268 valence electrons. The molecule has 0 aliphatic carbocycles. The zero-order valence-electron chi connectivity index (χ0n) is 29.7. The fraction of sp³-hybridized carbons (Fsp3) is 0.105. The molecule has 4 rings (SSSR count). The van der Waals surface area contributed by atoms with Crippen molar-refractivity contribution in [1.29, 1.82) is 0 Å². The zero-order valence-corrected chi connectivity index (χ0v) is 35.3. The SMILES string of the molecule is CS(=O)(=O)c1ccc(/C(COC(=O)/C=C/C(=O)OC/C(=C(\C(=O)[O-])c2ccccc2)c2ccc(S(C)(=O)=O)cc2)=C(/C(=O)[O-])c2ccccc2)cc1.[Na+].[Na+]. The molecule has 0 spiro atoms. The smallest absolute Gasteiger partial charge is 0.545 e. The standard InChI is InChI=1S/C38H32O12S2.2Na/c1-51(45,46)29-17-13-25(14-18-29)31(35(37(41)42)27-9-5-3-6-10-27)23-49-33(39)21-22-34(40)50-24-32(26-15-19-30(20-16-26)52(2,47)48)36(38(43)44)28-11-7-4-8-12-28;;/h3-22H,23-24H2,1-2H3,(H,41,42)(H,43,44);;/q;2*+1/p-2/b22-21+,35-31+,36-32+;;. The van der Waals surface area contributed by atoms with E-state index in [2.05, 4.69) is 0 Å². The number of aliphatic carboxylic acids is 2. The molecule has 0 aliphatic heterocycles. The first-order chi connectivity index (χ1) is 24.6. The molecule has 12 nitrogen and oxygen atoms in total. The maximum Gasteiger partial charge on any atom is 1.00 e. The summed E-state index contributed by atoms with van der Waals surface area (Å²) in [6.45, 7) is -1.26. The molecule has 0 saturated heterocycles. The van der Waals surface area contributed by atoms with Gasteiger partial charge in [-0.25, -0.2) is 26.4 Å². The Labute approximate surface area is 356 Å². The van der Waals surface area contributed by atoms with E-state index in [1.165, 1.54) is 72.8 Å². The Kier molecular flexibility index (Phi) is 17.5. The second kappa shape index (κ2) is 20.5. The van der Waals surface area contributed by atoms with Crippen molar-refractivity contribution in [1.82, 2.24) is 0 Å². The van der Waals surface area contributed by atoms with Gasteiger partial charge in [-0.15, -0.1) is 0 Å². The topological polar surface area (TPSA) is 201 Å². The molecule has 0 N–H and O–H groups in total. The molecule has 0 saturated carbocycles. The van der Waals surface area contributed by atoms with E-state index in [-0.39, 0.29) is 113 Å². The summed E-state index contributed by atoms with van der Waals surface area (Å²) in [7, 11) is -7.14. The molecule has 0 amide bonds. The largest absolute Gasteiger partial charge is 1.00 e. The third kappa shape index (κ3) is 12.7. The molecule has 54 heavy (non-hydrogen) atoms. The van der Waals surface area contributed by atoms with Crippen LogP contribution >= 0.6 is 0 Å². The second-order valence-electron chi connectivity index (χ2n) is 11.2. The summed E-state index contributed by atoms with van der Waals surface area (Å²) >= 11 is 0. The van der Waals surface area contributed by atoms with Crippen LogP contribution in [0, 0.1) is 0 Å². The van der Waals surface area contributed by atoms with E-state index >= 15 is 0 Å². The Balaban J connectivity index is 0.00000504. The molecule has 4 aromatic carbocycles. The Hall–Kier alpha value is -4.12. The molecule has 16 heteroatoms. The van der Waals surface area contributed by atoms with Crippen LogP contribution in [-0.4, -0.2) is 66.4 Å². The number of carbonyl (C=O) groups is 4. The summed E-state index contributed by atoms with van der Waals surface area (Å²) in [6, 6.07) is 26.2. The van der Waals surface area contributed by atoms with E-state index in [1.807, 2.05) is 0 Å². The predicted octanol–water partition coefficient (Wildman–Crippen LogP) is -3.83. The quantitative estimate of drug-likeness (QED) is 0.0523. The minimum atomic E-state index is -3.57. The van der Waals surface area contributed by atoms with Crippen LogP contribution < -0.4 is 69.3 Å². The van der Waals surface area contributed by atoms with Gasteiger partial charge in [-0.05, 0) is 46.5 Å². The first-order valence-corrected chi connectivity index (χ1v) is 19.0. The van der Waals surface area contributed by atoms with Crippen molar-refractivity contribution in [3.8, 4) is 0 Å². The van der Waals surface area contributed by atoms with Gasteiger partial charge in [0.25, 0.3) is 0 Å². The maximum absolute atomic E-state index is 12.7. The molecule has 0 fully saturated rings. The Bertz CT molecular complexity index is 2140. The molecular weight excluding hydrogens is 759 g/mol. The number of esters is 2. The molecular formula is C38H30Na2O12S2. The van der Waals surface area contributed by atoms with Crippen LogP contribution in [0.1, 0.15) is 22.3 Å². The van der Waals surface area contributed by atoms with Gasteiger partial charge >= 0.3 is 71.1 Å². The number of sulfone groups is 2. The normalized spacial score (nSPS) is 12.3. The fourth-order valence-corrected chi connectivity index (χ4v) is 6.23. The molecule has 0 heterocycles. The monoisotopic (exact) mass is 788 g/mol. The molecule has 0 unspecified atom stereocenters. The first-order valence-electron chi connectivity index (χ1n) is 15.2. The number of hydrogen-bond acceptors (Lipinski definition) is 12. The van der Waals surface area contributed by atoms with Gasteiger partial charge in [-0.3, -0.25) is 0 Å². The molecule has 4 aromatic rings. The number of carboxylic acids is 2. The Morgan fingerprint density at radius 2 is 0.796 bits per heavy atom. The van der Waals surface area contributed by atoms with Crippen LogP contribution in [0.25, 0.3) is 22.3 Å². The average Bonchev–Trinajstić information content (AvgIpc) is 3.10. The van der Waals surface area contributed by atoms with Crippen LogP contribution in [0.2, 0.25) is 0 Å². The van der Waals surface area contributed by atoms with E-state index in [0.717, 1.165) is 24.7 Å². The van der Waals surface area contributed by atoms with Crippen LogP contribution in [0.15, 0.2) is 131 Å². The van der Waals surface area contributed by atoms with Crippen molar-refractivity contribution in [2.24, 2.45) is 0 Å². The summed E-state index contributed by atoms with van der Waals surface area (Å²) in [5, 5.41) is 24.6. The van der Waals surface area contributed by atoms with Gasteiger partial charge in [0, 0.05) is 47.0 Å². The van der Waals surface area contributed by atoms with E-state index in [9.17, 15) is 46.2 Å². The summed E-state index contributed by atoms with van der Waals surface area (Å²) in [6.07, 6.45) is 3.45. The number of hydrogen-bond donors (Lipinski definition) is 0. The van der Waals surface area contributed by atoms with Crippen molar-refractivity contribution in [3.05, 3.63) is 144 Å². The summed E-state index contributed by atoms with van der Waals surface area (Å²) in [5.41, 5.74) is 0.188. The third-order valence-corrected chi connectivity index (χ3v) is 9.73. The van der Waals surface area contributed by atoms with Gasteiger partial charge in [0.1, 0.15) is 13.2 Å². The maximum atomic E-state index is 12.7. The van der Waals surface area contributed by atoms with Crippen LogP contribution in [0.5, 0.6) is 0 Å². The summed E-state index contributed by atoms with van der Waals surface area (Å²) in [5.74, 6) is -5.35. The number of carbonyl (C=O) groups excluding carboxylic acids is 4. The van der Waals surface area contributed by atoms with Gasteiger partial charge in [0.05, 0.1) is 21.7 Å². The van der Waals surface area contributed by atoms with Crippen molar-refractivity contribution in [2.45, 2.75) is 9.79 Å². The Morgan fingerprint density at radius 1 is 0.500 bits per heavy atom. The van der Waals surface area contributed by atoms with Gasteiger partial charge in [-0.1, -0.05) is 84.9 Å². The van der Waals surface area contributed by atoms with Gasteiger partial charge in [0.2, 0.25) is 0 Å². The summed E-state index contributed by atoms with van der Waals surface area (Å²) in [4.78, 5) is 50.0. The second-order valence-corrected chi connectivity index (χ2v) is 15.2. The van der Waals surface area contributed by atoms with E-state index in [4.69, 9.17) is 9.47 Å². The molecule has 0 bridgehead atoms. The van der Waals surface area contributed by atoms with E-state index in [1.54, 1.807) is 36.4 Å². The van der Waals surface area contributed by atoms with Crippen molar-refractivity contribution in [3.63, 3.8) is 0 Å². The summed E-state index contributed by atoms with van der Waals surface area (Å²) < 4.78 is 58.4. The average molecular weight is 789 g/mol. The molecule has 0 aromatic heterocycles. The van der Waals surface area contributed by atoms with E-state index in [0.29, 0.717) is 0 Å². The molecule has 0 aliphatic rings. The molecule has 0 atom stereocenters. The molecule has 0 radical (unpaired) electrons. The minimum Gasteiger partial charge on any atom is -0.545 e. The van der Waals surface area contributed by atoms with Gasteiger partial charge < -0.3 is 29.3 Å². The van der Waals surface area contributed by atoms with E-state index < -0.39 is 56.8 Å². The third-order valence-electron chi connectivity index (χ3n) is 7.47. The predicted molar refractivity (Wildman–Crippen MR) is 187 cm³/mol. The first kappa shape index (κ1) is 46.0. The van der Waals surface area contributed by atoms with Crippen molar-refractivity contribution < 1.29 is 115 Å². The van der Waals surface area contributed by atoms with Crippen molar-refractivity contribution in [2.75, 3.05) is 25.7 Å². The van der Waals surface area contributed by atoms with Crippen LogP contribution in [0.4, 0.5) is 0 Å². The number of benzene rings is 4. The van der Waals surface area contributed by atoms with Gasteiger partial charge in [0.15, 0.2) is 19.7 Å². The van der Waals surface area contributed by atoms with Crippen LogP contribution in [0.3, 0.4) is 0 Å². The number of rotatable bonds is 14. The van der Waals surface area contributed by atoms with Crippen LogP contribution in [-0.2, 0) is 48.3 Å². The Morgan fingerprint density at radius 3 is 1.06 bits per heavy atom. The van der Waals surface area contributed by atoms with Gasteiger partial charge in [-0.2, -0.15) is 0 Å². The number of ether oxygens (including phenoxy) is 2. The minimum absolute atomic E-state index is 0.